The third-order valence-corrected chi connectivity index (χ3v) is 16.5. The molecule has 1 N–H and O–H groups in total. The number of carboxylic acids is 1. The van der Waals surface area contributed by atoms with Crippen LogP contribution in [0, 0.1) is 0 Å². The number of ether oxygens (including phenoxy) is 2. The van der Waals surface area contributed by atoms with E-state index in [1.165, 1.54) is 6.08 Å². The highest BCUT2D eigenvalue weighted by Crippen LogP contribution is 2.42. The lowest BCUT2D eigenvalue weighted by Crippen LogP contribution is -2.57. The zero-order chi connectivity index (χ0) is 25.8. The molecular weight excluding hydrogens is 452 g/mol. The average Bonchev–Trinajstić information content (AvgIpc) is 2.60. The van der Waals surface area contributed by atoms with Gasteiger partial charge in [-0.25, -0.2) is 4.79 Å². The Kier molecular flexibility index (Phi) is 10.6. The molecule has 1 rings (SSSR count). The van der Waals surface area contributed by atoms with Gasteiger partial charge >= 0.3 is 5.97 Å². The minimum atomic E-state index is -2.06. The van der Waals surface area contributed by atoms with E-state index < -0.39 is 28.9 Å². The first-order valence-electron chi connectivity index (χ1n) is 12.3. The van der Waals surface area contributed by atoms with Crippen molar-refractivity contribution in [2.45, 2.75) is 142 Å². The Morgan fingerprint density at radius 2 is 1.52 bits per heavy atom. The van der Waals surface area contributed by atoms with Gasteiger partial charge < -0.3 is 23.4 Å². The van der Waals surface area contributed by atoms with E-state index in [1.54, 1.807) is 6.08 Å². The van der Waals surface area contributed by atoms with Crippen LogP contribution in [0.2, 0.25) is 36.3 Å². The Bertz CT molecular complexity index is 663. The molecule has 33 heavy (non-hydrogen) atoms. The molecule has 0 amide bonds. The molecule has 0 spiro atoms. The van der Waals surface area contributed by atoms with Crippen molar-refractivity contribution in [3.8, 4) is 0 Å². The van der Waals surface area contributed by atoms with Crippen LogP contribution in [-0.2, 0) is 23.1 Å². The molecule has 0 saturated carbocycles. The summed E-state index contributed by atoms with van der Waals surface area (Å²) in [5.74, 6) is -0.927. The van der Waals surface area contributed by atoms with Crippen LogP contribution < -0.4 is 0 Å². The molecule has 0 unspecified atom stereocenters. The highest BCUT2D eigenvalue weighted by atomic mass is 28.4. The highest BCUT2D eigenvalue weighted by Gasteiger charge is 2.48. The first-order chi connectivity index (χ1) is 14.8. The number of carbonyl (C=O) groups is 1. The zero-order valence-electron chi connectivity index (χ0n) is 23.2. The van der Waals surface area contributed by atoms with Gasteiger partial charge in [-0.1, -0.05) is 47.6 Å². The Balaban J connectivity index is 3.02. The van der Waals surface area contributed by atoms with E-state index in [-0.39, 0.29) is 34.5 Å². The third-order valence-electron chi connectivity index (χ3n) is 7.51. The molecule has 0 aliphatic carbocycles. The van der Waals surface area contributed by atoms with Crippen molar-refractivity contribution < 1.29 is 28.2 Å². The van der Waals surface area contributed by atoms with Gasteiger partial charge in [0.25, 0.3) is 0 Å². The molecule has 0 radical (unpaired) electrons. The van der Waals surface area contributed by atoms with Crippen molar-refractivity contribution in [1.82, 2.24) is 0 Å². The van der Waals surface area contributed by atoms with Crippen molar-refractivity contribution in [3.05, 3.63) is 12.2 Å². The van der Waals surface area contributed by atoms with Crippen LogP contribution in [-0.4, -0.2) is 58.4 Å². The SMILES string of the molecule is C[C@H](CC/C=C/C(=O)O)O[C@@H]1O[C@@H](C)[C@H](O[Si](C)(C)C(C)(C)C)C[C@H]1O[Si](C)(C)C(C)(C)C. The van der Waals surface area contributed by atoms with Crippen LogP contribution in [0.25, 0.3) is 0 Å². The fourth-order valence-corrected chi connectivity index (χ4v) is 5.92. The number of carboxylic acid groups (broad SMARTS) is 1. The van der Waals surface area contributed by atoms with Gasteiger partial charge in [0.15, 0.2) is 22.9 Å². The molecule has 0 aromatic heterocycles. The van der Waals surface area contributed by atoms with Gasteiger partial charge in [0.05, 0.1) is 24.4 Å². The van der Waals surface area contributed by atoms with E-state index in [9.17, 15) is 4.79 Å². The summed E-state index contributed by atoms with van der Waals surface area (Å²) in [6, 6.07) is 0. The number of hydrogen-bond donors (Lipinski definition) is 1. The summed E-state index contributed by atoms with van der Waals surface area (Å²) in [6.45, 7) is 26.6. The van der Waals surface area contributed by atoms with Crippen molar-refractivity contribution in [1.29, 1.82) is 0 Å². The third kappa shape index (κ3) is 9.22. The molecule has 0 aromatic rings. The Morgan fingerprint density at radius 3 is 1.97 bits per heavy atom. The molecule has 5 atom stereocenters. The van der Waals surface area contributed by atoms with E-state index >= 15 is 0 Å². The molecule has 8 heteroatoms. The molecule has 1 heterocycles. The first-order valence-corrected chi connectivity index (χ1v) is 18.1. The molecule has 1 saturated heterocycles. The monoisotopic (exact) mass is 502 g/mol. The molecule has 6 nitrogen and oxygen atoms in total. The second-order valence-electron chi connectivity index (χ2n) is 12.5. The van der Waals surface area contributed by atoms with Crippen LogP contribution in [0.3, 0.4) is 0 Å². The quantitative estimate of drug-likeness (QED) is 0.264. The second-order valence-corrected chi connectivity index (χ2v) is 22.1. The number of rotatable bonds is 10. The summed E-state index contributed by atoms with van der Waals surface area (Å²) in [5.41, 5.74) is 0. The maximum atomic E-state index is 10.7. The number of aliphatic carboxylic acids is 1. The van der Waals surface area contributed by atoms with Crippen molar-refractivity contribution in [2.75, 3.05) is 0 Å². The predicted molar refractivity (Wildman–Crippen MR) is 140 cm³/mol. The summed E-state index contributed by atoms with van der Waals surface area (Å²) in [7, 11) is -4.02. The fraction of sp³-hybridized carbons (Fsp3) is 0.880. The van der Waals surface area contributed by atoms with Gasteiger partial charge in [-0.15, -0.1) is 0 Å². The van der Waals surface area contributed by atoms with Crippen molar-refractivity contribution in [2.24, 2.45) is 0 Å². The van der Waals surface area contributed by atoms with Gasteiger partial charge in [-0.2, -0.15) is 0 Å². The van der Waals surface area contributed by atoms with Gasteiger partial charge in [0.1, 0.15) is 0 Å². The van der Waals surface area contributed by atoms with Crippen LogP contribution in [0.4, 0.5) is 0 Å². The molecule has 0 bridgehead atoms. The van der Waals surface area contributed by atoms with Crippen LogP contribution in [0.15, 0.2) is 12.2 Å². The van der Waals surface area contributed by atoms with E-state index in [4.69, 9.17) is 23.4 Å². The predicted octanol–water partition coefficient (Wildman–Crippen LogP) is 6.73. The molecule has 1 aliphatic rings. The van der Waals surface area contributed by atoms with Gasteiger partial charge in [0.2, 0.25) is 0 Å². The lowest BCUT2D eigenvalue weighted by atomic mass is 10.0. The minimum Gasteiger partial charge on any atom is -0.478 e. The van der Waals surface area contributed by atoms with Crippen LogP contribution in [0.5, 0.6) is 0 Å². The molecular formula is C25H50O6Si2. The molecule has 194 valence electrons. The maximum absolute atomic E-state index is 10.7. The van der Waals surface area contributed by atoms with Crippen LogP contribution >= 0.6 is 0 Å². The first kappa shape index (κ1) is 30.5. The van der Waals surface area contributed by atoms with Crippen molar-refractivity contribution >= 4 is 22.6 Å². The summed E-state index contributed by atoms with van der Waals surface area (Å²) < 4.78 is 26.3. The van der Waals surface area contributed by atoms with E-state index in [0.29, 0.717) is 12.8 Å². The Morgan fingerprint density at radius 1 is 1.03 bits per heavy atom. The standard InChI is InChI=1S/C25H50O6Si2/c1-18(15-13-14-16-22(26)27)28-23-21(31-33(11,12)25(6,7)8)17-20(19(2)29-23)30-32(9,10)24(3,4)5/h14,16,18-21,23H,13,15,17H2,1-12H3,(H,26,27)/b16-14+/t18-,19+,20-,21-,23-/m1/s1. The summed E-state index contributed by atoms with van der Waals surface area (Å²) in [5, 5.41) is 8.97. The topological polar surface area (TPSA) is 74.2 Å². The Labute approximate surface area is 204 Å². The smallest absolute Gasteiger partial charge is 0.327 e. The molecule has 1 fully saturated rings. The van der Waals surface area contributed by atoms with E-state index in [0.717, 1.165) is 6.42 Å². The van der Waals surface area contributed by atoms with Gasteiger partial charge in [0, 0.05) is 12.5 Å². The number of allylic oxidation sites excluding steroid dienone is 1. The normalized spacial score (nSPS) is 26.5. The summed E-state index contributed by atoms with van der Waals surface area (Å²) in [4.78, 5) is 10.7. The summed E-state index contributed by atoms with van der Waals surface area (Å²) >= 11 is 0. The van der Waals surface area contributed by atoms with Gasteiger partial charge in [-0.3, -0.25) is 0 Å². The minimum absolute atomic E-state index is 0.0330. The Hall–Kier alpha value is -0.516. The largest absolute Gasteiger partial charge is 0.478 e. The maximum Gasteiger partial charge on any atom is 0.327 e. The van der Waals surface area contributed by atoms with E-state index in [1.807, 2.05) is 6.92 Å². The summed E-state index contributed by atoms with van der Waals surface area (Å²) in [6.07, 6.45) is 4.07. The van der Waals surface area contributed by atoms with Crippen molar-refractivity contribution in [3.63, 3.8) is 0 Å². The lowest BCUT2D eigenvalue weighted by molar-refractivity contribution is -0.268. The van der Waals surface area contributed by atoms with Gasteiger partial charge in [-0.05, 0) is 63.0 Å². The van der Waals surface area contributed by atoms with E-state index in [2.05, 4.69) is 74.7 Å². The average molecular weight is 503 g/mol. The second kappa shape index (κ2) is 11.5. The fourth-order valence-electron chi connectivity index (χ4n) is 3.21. The highest BCUT2D eigenvalue weighted by molar-refractivity contribution is 6.74. The van der Waals surface area contributed by atoms with Crippen LogP contribution in [0.1, 0.15) is 74.7 Å². The number of hydrogen-bond acceptors (Lipinski definition) is 5. The molecule has 1 aliphatic heterocycles. The lowest BCUT2D eigenvalue weighted by Gasteiger charge is -2.48. The molecule has 0 aromatic carbocycles. The zero-order valence-corrected chi connectivity index (χ0v) is 25.2.